The lowest BCUT2D eigenvalue weighted by Gasteiger charge is -2.18. The van der Waals surface area contributed by atoms with Gasteiger partial charge in [0.2, 0.25) is 5.91 Å². The van der Waals surface area contributed by atoms with Crippen molar-refractivity contribution >= 4 is 31.3 Å². The molecule has 0 fully saturated rings. The Kier molecular flexibility index (Phi) is 5.01. The number of rotatable bonds is 1. The molecule has 0 aliphatic carbocycles. The van der Waals surface area contributed by atoms with E-state index in [-0.39, 0.29) is 11.1 Å². The molecule has 0 bridgehead atoms. The van der Waals surface area contributed by atoms with Gasteiger partial charge in [-0.2, -0.15) is 0 Å². The summed E-state index contributed by atoms with van der Waals surface area (Å²) in [7, 11) is -1.44. The molecular weight excluding hydrogens is 288 g/mol. The number of nitrogens with one attached hydrogen (secondary N) is 1. The predicted octanol–water partition coefficient (Wildman–Crippen LogP) is 3.95. The van der Waals surface area contributed by atoms with Crippen LogP contribution in [0.15, 0.2) is 12.1 Å². The first-order valence-corrected chi connectivity index (χ1v) is 10.4. The van der Waals surface area contributed by atoms with E-state index < -0.39 is 13.5 Å². The lowest BCUT2D eigenvalue weighted by molar-refractivity contribution is -0.123. The number of pyridine rings is 1. The lowest BCUT2D eigenvalue weighted by atomic mass is 9.95. The summed E-state index contributed by atoms with van der Waals surface area (Å²) >= 11 is 6.09. The van der Waals surface area contributed by atoms with Crippen LogP contribution in [-0.2, 0) is 4.79 Å². The van der Waals surface area contributed by atoms with Gasteiger partial charge in [0.15, 0.2) is 5.15 Å². The second-order valence-corrected chi connectivity index (χ2v) is 11.8. The second kappa shape index (κ2) is 5.98. The Bertz CT molecular complexity index is 574. The van der Waals surface area contributed by atoms with Crippen LogP contribution in [-0.4, -0.2) is 19.0 Å². The second-order valence-electron chi connectivity index (χ2n) is 6.74. The molecule has 0 spiro atoms. The molecule has 0 saturated heterocycles. The topological polar surface area (TPSA) is 42.0 Å². The van der Waals surface area contributed by atoms with Gasteiger partial charge in [-0.25, -0.2) is 4.98 Å². The maximum Gasteiger partial charge on any atom is 0.229 e. The number of halogens is 1. The third-order valence-electron chi connectivity index (χ3n) is 2.34. The highest BCUT2D eigenvalue weighted by atomic mass is 35.5. The average Bonchev–Trinajstić information content (AvgIpc) is 2.27. The molecule has 20 heavy (non-hydrogen) atoms. The van der Waals surface area contributed by atoms with Gasteiger partial charge in [0.05, 0.1) is 5.69 Å². The van der Waals surface area contributed by atoms with Crippen molar-refractivity contribution < 1.29 is 4.79 Å². The van der Waals surface area contributed by atoms with Crippen LogP contribution in [0.1, 0.15) is 26.5 Å². The molecule has 1 rings (SSSR count). The summed E-state index contributed by atoms with van der Waals surface area (Å²) in [6, 6.07) is 3.52. The molecule has 0 aliphatic heterocycles. The number of aromatic nitrogens is 1. The van der Waals surface area contributed by atoms with Crippen molar-refractivity contribution in [2.24, 2.45) is 5.41 Å². The summed E-state index contributed by atoms with van der Waals surface area (Å²) in [4.78, 5) is 16.1. The van der Waals surface area contributed by atoms with E-state index >= 15 is 0 Å². The summed E-state index contributed by atoms with van der Waals surface area (Å²) in [6.45, 7) is 12.0. The first-order valence-electron chi connectivity index (χ1n) is 6.50. The van der Waals surface area contributed by atoms with Crippen molar-refractivity contribution in [3.05, 3.63) is 23.0 Å². The fourth-order valence-electron chi connectivity index (χ4n) is 1.16. The smallest absolute Gasteiger partial charge is 0.229 e. The van der Waals surface area contributed by atoms with Crippen LogP contribution >= 0.6 is 11.6 Å². The van der Waals surface area contributed by atoms with Gasteiger partial charge in [-0.1, -0.05) is 57.9 Å². The monoisotopic (exact) mass is 308 g/mol. The molecule has 1 aromatic heterocycles. The normalized spacial score (nSPS) is 11.6. The number of nitrogens with zero attached hydrogens (tertiary/aromatic N) is 1. The van der Waals surface area contributed by atoms with Crippen LogP contribution < -0.4 is 5.32 Å². The van der Waals surface area contributed by atoms with Crippen molar-refractivity contribution in [1.29, 1.82) is 0 Å². The van der Waals surface area contributed by atoms with Gasteiger partial charge in [-0.3, -0.25) is 4.79 Å². The van der Waals surface area contributed by atoms with Crippen LogP contribution in [0.4, 0.5) is 5.69 Å². The molecule has 0 radical (unpaired) electrons. The van der Waals surface area contributed by atoms with Crippen LogP contribution in [0.2, 0.25) is 24.8 Å². The van der Waals surface area contributed by atoms with E-state index in [4.69, 9.17) is 11.6 Å². The summed E-state index contributed by atoms with van der Waals surface area (Å²) in [5, 5.41) is 3.05. The predicted molar refractivity (Wildman–Crippen MR) is 87.6 cm³/mol. The molecule has 1 amide bonds. The van der Waals surface area contributed by atoms with E-state index in [9.17, 15) is 4.79 Å². The number of hydrogen-bond donors (Lipinski definition) is 1. The fourth-order valence-corrected chi connectivity index (χ4v) is 1.86. The number of amides is 1. The van der Waals surface area contributed by atoms with Gasteiger partial charge >= 0.3 is 0 Å². The van der Waals surface area contributed by atoms with Gasteiger partial charge in [-0.15, -0.1) is 5.54 Å². The Morgan fingerprint density at radius 3 is 2.35 bits per heavy atom. The molecule has 1 aromatic rings. The van der Waals surface area contributed by atoms with E-state index in [2.05, 4.69) is 41.4 Å². The van der Waals surface area contributed by atoms with Crippen molar-refractivity contribution in [2.45, 2.75) is 40.4 Å². The largest absolute Gasteiger partial charge is 0.323 e. The standard InChI is InChI=1S/C15H21ClN2OSi/c1-15(2,3)14(19)18-12-8-7-11(17-13(12)16)9-10-20(4,5)6/h7-8H,1-6H3,(H,18,19). The number of carbonyl (C=O) groups excluding carboxylic acids is 1. The van der Waals surface area contributed by atoms with E-state index in [1.165, 1.54) is 0 Å². The molecule has 3 nitrogen and oxygen atoms in total. The van der Waals surface area contributed by atoms with Gasteiger partial charge in [0, 0.05) is 5.41 Å². The van der Waals surface area contributed by atoms with Gasteiger partial charge in [0.25, 0.3) is 0 Å². The third-order valence-corrected chi connectivity index (χ3v) is 3.51. The van der Waals surface area contributed by atoms with E-state index in [1.54, 1.807) is 12.1 Å². The van der Waals surface area contributed by atoms with Crippen LogP contribution in [0.3, 0.4) is 0 Å². The Morgan fingerprint density at radius 2 is 1.90 bits per heavy atom. The minimum atomic E-state index is -1.44. The summed E-state index contributed by atoms with van der Waals surface area (Å²) in [5.41, 5.74) is 3.91. The molecule has 0 aliphatic rings. The molecule has 0 unspecified atom stereocenters. The van der Waals surface area contributed by atoms with Gasteiger partial charge < -0.3 is 5.32 Å². The van der Waals surface area contributed by atoms with Gasteiger partial charge in [0.1, 0.15) is 13.8 Å². The summed E-state index contributed by atoms with van der Waals surface area (Å²) < 4.78 is 0. The first-order chi connectivity index (χ1) is 8.99. The maximum absolute atomic E-state index is 11.9. The zero-order valence-corrected chi connectivity index (χ0v) is 14.6. The van der Waals surface area contributed by atoms with E-state index in [0.717, 1.165) is 0 Å². The molecule has 1 N–H and O–H groups in total. The zero-order chi connectivity index (χ0) is 15.6. The Balaban J connectivity index is 2.94. The van der Waals surface area contributed by atoms with Gasteiger partial charge in [-0.05, 0) is 12.1 Å². The van der Waals surface area contributed by atoms with Crippen molar-refractivity contribution in [2.75, 3.05) is 5.32 Å². The minimum Gasteiger partial charge on any atom is -0.323 e. The van der Waals surface area contributed by atoms with E-state index in [1.807, 2.05) is 20.8 Å². The van der Waals surface area contributed by atoms with E-state index in [0.29, 0.717) is 11.4 Å². The summed E-state index contributed by atoms with van der Waals surface area (Å²) in [6.07, 6.45) is 0. The molecule has 0 saturated carbocycles. The highest BCUT2D eigenvalue weighted by molar-refractivity contribution is 6.83. The first kappa shape index (κ1) is 16.7. The molecule has 0 aromatic carbocycles. The number of anilines is 1. The Hall–Kier alpha value is -1.31. The molecule has 108 valence electrons. The molecular formula is C15H21ClN2OSi. The Labute approximate surface area is 127 Å². The third kappa shape index (κ3) is 5.36. The number of carbonyl (C=O) groups is 1. The molecule has 5 heteroatoms. The Morgan fingerprint density at radius 1 is 1.30 bits per heavy atom. The van der Waals surface area contributed by atoms with Crippen molar-refractivity contribution in [3.63, 3.8) is 0 Å². The highest BCUT2D eigenvalue weighted by Gasteiger charge is 2.22. The highest BCUT2D eigenvalue weighted by Crippen LogP contribution is 2.23. The molecule has 0 atom stereocenters. The lowest BCUT2D eigenvalue weighted by Crippen LogP contribution is -2.27. The van der Waals surface area contributed by atoms with Crippen LogP contribution in [0.5, 0.6) is 0 Å². The fraction of sp³-hybridized carbons (Fsp3) is 0.467. The average molecular weight is 309 g/mol. The maximum atomic E-state index is 11.9. The zero-order valence-electron chi connectivity index (χ0n) is 12.9. The molecule has 1 heterocycles. The quantitative estimate of drug-likeness (QED) is 0.485. The van der Waals surface area contributed by atoms with Crippen molar-refractivity contribution in [1.82, 2.24) is 4.98 Å². The van der Waals surface area contributed by atoms with Crippen LogP contribution in [0.25, 0.3) is 0 Å². The van der Waals surface area contributed by atoms with Crippen molar-refractivity contribution in [3.8, 4) is 11.5 Å². The van der Waals surface area contributed by atoms with Crippen LogP contribution in [0, 0.1) is 16.9 Å². The number of hydrogen-bond acceptors (Lipinski definition) is 2. The summed E-state index contributed by atoms with van der Waals surface area (Å²) in [5.74, 6) is 2.94. The SMILES string of the molecule is CC(C)(C)C(=O)Nc1ccc(C#C[Si](C)(C)C)nc1Cl. The minimum absolute atomic E-state index is 0.0952.